The van der Waals surface area contributed by atoms with Crippen molar-refractivity contribution in [3.05, 3.63) is 66.0 Å². The molecular formula is C23H28FN5O2. The number of halogens is 1. The second-order valence-electron chi connectivity index (χ2n) is 7.51. The SMILES string of the molecule is CN=C(NCC(=O)Nc1cccc(F)c1)NCC1CC(=O)N(CCc2ccccc2)C1. The van der Waals surface area contributed by atoms with Crippen molar-refractivity contribution in [3.8, 4) is 0 Å². The highest BCUT2D eigenvalue weighted by atomic mass is 19.1. The van der Waals surface area contributed by atoms with E-state index >= 15 is 0 Å². The molecule has 31 heavy (non-hydrogen) atoms. The maximum atomic E-state index is 13.2. The van der Waals surface area contributed by atoms with E-state index in [9.17, 15) is 14.0 Å². The summed E-state index contributed by atoms with van der Waals surface area (Å²) in [4.78, 5) is 30.4. The Morgan fingerprint density at radius 1 is 1.16 bits per heavy atom. The molecule has 1 unspecified atom stereocenters. The van der Waals surface area contributed by atoms with E-state index in [1.807, 2.05) is 23.1 Å². The quantitative estimate of drug-likeness (QED) is 0.446. The van der Waals surface area contributed by atoms with Gasteiger partial charge in [-0.3, -0.25) is 14.6 Å². The minimum Gasteiger partial charge on any atom is -0.356 e. The minimum atomic E-state index is -0.410. The standard InChI is InChI=1S/C23H28FN5O2/c1-25-23(27-15-21(30)28-20-9-5-8-19(24)13-20)26-14-18-12-22(31)29(16-18)11-10-17-6-3-2-4-7-17/h2-9,13,18H,10-12,14-16H2,1H3,(H,28,30)(H2,25,26,27). The fraction of sp³-hybridized carbons (Fsp3) is 0.348. The zero-order valence-electron chi connectivity index (χ0n) is 17.6. The third-order valence-electron chi connectivity index (χ3n) is 5.11. The molecule has 0 radical (unpaired) electrons. The van der Waals surface area contributed by atoms with Crippen LogP contribution in [0.15, 0.2) is 59.6 Å². The highest BCUT2D eigenvalue weighted by Crippen LogP contribution is 2.17. The van der Waals surface area contributed by atoms with Crippen LogP contribution in [0.2, 0.25) is 0 Å². The van der Waals surface area contributed by atoms with Crippen molar-refractivity contribution in [3.63, 3.8) is 0 Å². The monoisotopic (exact) mass is 425 g/mol. The number of nitrogens with zero attached hydrogens (tertiary/aromatic N) is 2. The number of likely N-dealkylation sites (tertiary alicyclic amines) is 1. The van der Waals surface area contributed by atoms with E-state index in [2.05, 4.69) is 33.1 Å². The van der Waals surface area contributed by atoms with Crippen LogP contribution in [0.4, 0.5) is 10.1 Å². The molecule has 1 aliphatic heterocycles. The van der Waals surface area contributed by atoms with Crippen LogP contribution in [0.5, 0.6) is 0 Å². The van der Waals surface area contributed by atoms with Crippen molar-refractivity contribution in [2.24, 2.45) is 10.9 Å². The van der Waals surface area contributed by atoms with Gasteiger partial charge in [0.2, 0.25) is 11.8 Å². The predicted molar refractivity (Wildman–Crippen MR) is 119 cm³/mol. The topological polar surface area (TPSA) is 85.8 Å². The fourth-order valence-corrected chi connectivity index (χ4v) is 3.51. The van der Waals surface area contributed by atoms with Crippen LogP contribution in [0.3, 0.4) is 0 Å². The molecule has 0 aromatic heterocycles. The summed E-state index contributed by atoms with van der Waals surface area (Å²) >= 11 is 0. The summed E-state index contributed by atoms with van der Waals surface area (Å²) in [6, 6.07) is 15.9. The Bertz CT molecular complexity index is 919. The first kappa shape index (κ1) is 22.3. The third kappa shape index (κ3) is 7.09. The van der Waals surface area contributed by atoms with Crippen molar-refractivity contribution < 1.29 is 14.0 Å². The molecule has 0 saturated carbocycles. The second-order valence-corrected chi connectivity index (χ2v) is 7.51. The average molecular weight is 426 g/mol. The van der Waals surface area contributed by atoms with Gasteiger partial charge in [0.15, 0.2) is 5.96 Å². The number of guanidine groups is 1. The van der Waals surface area contributed by atoms with Crippen molar-refractivity contribution in [1.29, 1.82) is 0 Å². The zero-order chi connectivity index (χ0) is 22.1. The first-order valence-corrected chi connectivity index (χ1v) is 10.3. The van der Waals surface area contributed by atoms with Gasteiger partial charge in [-0.15, -0.1) is 0 Å². The summed E-state index contributed by atoms with van der Waals surface area (Å²) in [5, 5.41) is 8.73. The highest BCUT2D eigenvalue weighted by molar-refractivity contribution is 5.95. The Hall–Kier alpha value is -3.42. The van der Waals surface area contributed by atoms with Crippen molar-refractivity contribution >= 4 is 23.5 Å². The van der Waals surface area contributed by atoms with Crippen LogP contribution < -0.4 is 16.0 Å². The number of aliphatic imine (C=N–C) groups is 1. The number of amides is 2. The lowest BCUT2D eigenvalue weighted by Gasteiger charge is -2.18. The van der Waals surface area contributed by atoms with Gasteiger partial charge in [0.25, 0.3) is 0 Å². The van der Waals surface area contributed by atoms with Crippen LogP contribution in [0, 0.1) is 11.7 Å². The van der Waals surface area contributed by atoms with Gasteiger partial charge in [-0.25, -0.2) is 4.39 Å². The molecule has 2 amide bonds. The molecule has 1 fully saturated rings. The van der Waals surface area contributed by atoms with E-state index in [4.69, 9.17) is 0 Å². The average Bonchev–Trinajstić information content (AvgIpc) is 3.12. The van der Waals surface area contributed by atoms with Gasteiger partial charge < -0.3 is 20.9 Å². The largest absolute Gasteiger partial charge is 0.356 e. The molecule has 3 N–H and O–H groups in total. The van der Waals surface area contributed by atoms with Crippen molar-refractivity contribution in [2.75, 3.05) is 38.5 Å². The number of carbonyl (C=O) groups is 2. The first-order valence-electron chi connectivity index (χ1n) is 10.3. The summed E-state index contributed by atoms with van der Waals surface area (Å²) in [7, 11) is 1.62. The van der Waals surface area contributed by atoms with E-state index in [-0.39, 0.29) is 24.3 Å². The molecular weight excluding hydrogens is 397 g/mol. The lowest BCUT2D eigenvalue weighted by Crippen LogP contribution is -2.43. The highest BCUT2D eigenvalue weighted by Gasteiger charge is 2.29. The van der Waals surface area contributed by atoms with Crippen LogP contribution in [-0.2, 0) is 16.0 Å². The van der Waals surface area contributed by atoms with Crippen LogP contribution in [-0.4, -0.2) is 55.9 Å². The van der Waals surface area contributed by atoms with Gasteiger partial charge in [0, 0.05) is 44.7 Å². The maximum Gasteiger partial charge on any atom is 0.243 e. The van der Waals surface area contributed by atoms with Gasteiger partial charge in [0.1, 0.15) is 5.82 Å². The number of hydrogen-bond acceptors (Lipinski definition) is 3. The molecule has 0 spiro atoms. The van der Waals surface area contributed by atoms with Gasteiger partial charge in [0.05, 0.1) is 6.54 Å². The summed E-state index contributed by atoms with van der Waals surface area (Å²) in [6.45, 7) is 1.99. The van der Waals surface area contributed by atoms with E-state index in [1.165, 1.54) is 23.8 Å². The number of anilines is 1. The molecule has 1 heterocycles. The lowest BCUT2D eigenvalue weighted by atomic mass is 10.1. The second kappa shape index (κ2) is 11.1. The Morgan fingerprint density at radius 3 is 2.71 bits per heavy atom. The maximum absolute atomic E-state index is 13.2. The lowest BCUT2D eigenvalue weighted by molar-refractivity contribution is -0.127. The Labute approximate surface area is 181 Å². The molecule has 0 bridgehead atoms. The molecule has 1 aliphatic rings. The zero-order valence-corrected chi connectivity index (χ0v) is 17.6. The third-order valence-corrected chi connectivity index (χ3v) is 5.11. The molecule has 8 heteroatoms. The minimum absolute atomic E-state index is 0.0109. The van der Waals surface area contributed by atoms with Gasteiger partial charge in [-0.2, -0.15) is 0 Å². The molecule has 1 atom stereocenters. The summed E-state index contributed by atoms with van der Waals surface area (Å²) in [6.07, 6.45) is 1.34. The van der Waals surface area contributed by atoms with E-state index in [1.54, 1.807) is 13.1 Å². The summed E-state index contributed by atoms with van der Waals surface area (Å²) in [5.74, 6) is 0.108. The van der Waals surface area contributed by atoms with Gasteiger partial charge >= 0.3 is 0 Å². The Morgan fingerprint density at radius 2 is 1.97 bits per heavy atom. The fourth-order valence-electron chi connectivity index (χ4n) is 3.51. The summed E-state index contributed by atoms with van der Waals surface area (Å²) < 4.78 is 13.2. The van der Waals surface area contributed by atoms with Crippen LogP contribution in [0.1, 0.15) is 12.0 Å². The smallest absolute Gasteiger partial charge is 0.243 e. The summed E-state index contributed by atoms with van der Waals surface area (Å²) in [5.41, 5.74) is 1.62. The van der Waals surface area contributed by atoms with E-state index in [0.717, 1.165) is 6.42 Å². The molecule has 0 aliphatic carbocycles. The predicted octanol–water partition coefficient (Wildman–Crippen LogP) is 2.02. The number of hydrogen-bond donors (Lipinski definition) is 3. The van der Waals surface area contributed by atoms with Crippen molar-refractivity contribution in [1.82, 2.24) is 15.5 Å². The number of benzene rings is 2. The van der Waals surface area contributed by atoms with Gasteiger partial charge in [-0.05, 0) is 30.2 Å². The Balaban J connectivity index is 1.38. The number of carbonyl (C=O) groups excluding carboxylic acids is 2. The van der Waals surface area contributed by atoms with Gasteiger partial charge in [-0.1, -0.05) is 36.4 Å². The van der Waals surface area contributed by atoms with Crippen LogP contribution >= 0.6 is 0 Å². The molecule has 2 aromatic rings. The van der Waals surface area contributed by atoms with Crippen molar-refractivity contribution in [2.45, 2.75) is 12.8 Å². The number of nitrogens with one attached hydrogen (secondary N) is 3. The molecule has 1 saturated heterocycles. The van der Waals surface area contributed by atoms with E-state index < -0.39 is 5.82 Å². The molecule has 164 valence electrons. The molecule has 2 aromatic carbocycles. The first-order chi connectivity index (χ1) is 15.0. The number of rotatable bonds is 8. The van der Waals surface area contributed by atoms with E-state index in [0.29, 0.717) is 37.7 Å². The van der Waals surface area contributed by atoms with Crippen LogP contribution in [0.25, 0.3) is 0 Å². The molecule has 7 nitrogen and oxygen atoms in total. The molecule has 3 rings (SSSR count). The normalized spacial score (nSPS) is 16.3. The Kier molecular flexibility index (Phi) is 7.98.